The van der Waals surface area contributed by atoms with Crippen LogP contribution in [0.3, 0.4) is 0 Å². The van der Waals surface area contributed by atoms with Crippen LogP contribution in [0.2, 0.25) is 15.1 Å². The summed E-state index contributed by atoms with van der Waals surface area (Å²) in [5.41, 5.74) is 0.671. The number of carbonyl (C=O) groups is 1. The molecule has 0 fully saturated rings. The largest absolute Gasteiger partial charge is 0.481 e. The second-order valence-corrected chi connectivity index (χ2v) is 8.64. The third kappa shape index (κ3) is 6.40. The van der Waals surface area contributed by atoms with E-state index >= 15 is 0 Å². The van der Waals surface area contributed by atoms with Gasteiger partial charge in [0.2, 0.25) is 5.91 Å². The number of aromatic nitrogens is 3. The highest BCUT2D eigenvalue weighted by molar-refractivity contribution is 7.99. The molecule has 1 heterocycles. The summed E-state index contributed by atoms with van der Waals surface area (Å²) in [7, 11) is 0. The summed E-state index contributed by atoms with van der Waals surface area (Å²) in [6.07, 6.45) is 1.29. The Balaban J connectivity index is 1.68. The fraction of sp³-hybridized carbons (Fsp3) is 0.190. The number of rotatable bonds is 9. The zero-order valence-corrected chi connectivity index (χ0v) is 19.6. The van der Waals surface area contributed by atoms with Gasteiger partial charge in [-0.05, 0) is 49.4 Å². The summed E-state index contributed by atoms with van der Waals surface area (Å²) in [5.74, 6) is 1.07. The van der Waals surface area contributed by atoms with Crippen LogP contribution in [0.15, 0.2) is 60.3 Å². The molecule has 0 spiro atoms. The van der Waals surface area contributed by atoms with Gasteiger partial charge in [0.05, 0.1) is 10.8 Å². The first kappa shape index (κ1) is 23.5. The van der Waals surface area contributed by atoms with Gasteiger partial charge in [-0.15, -0.1) is 16.8 Å². The maximum atomic E-state index is 12.3. The Morgan fingerprint density at radius 2 is 1.90 bits per heavy atom. The van der Waals surface area contributed by atoms with Gasteiger partial charge in [0.15, 0.2) is 17.1 Å². The molecule has 6 nitrogen and oxygen atoms in total. The third-order valence-corrected chi connectivity index (χ3v) is 5.83. The Kier molecular flexibility index (Phi) is 8.26. The highest BCUT2D eigenvalue weighted by Crippen LogP contribution is 2.31. The predicted octanol–water partition coefficient (Wildman–Crippen LogP) is 6.30. The first-order valence-corrected chi connectivity index (χ1v) is 11.3. The van der Waals surface area contributed by atoms with Crippen molar-refractivity contribution in [3.8, 4) is 5.75 Å². The van der Waals surface area contributed by atoms with E-state index in [4.69, 9.17) is 39.5 Å². The Morgan fingerprint density at radius 1 is 1.19 bits per heavy atom. The number of thioether (sulfide) groups is 1. The van der Waals surface area contributed by atoms with Crippen molar-refractivity contribution in [3.63, 3.8) is 0 Å². The van der Waals surface area contributed by atoms with Crippen LogP contribution in [0.5, 0.6) is 5.75 Å². The van der Waals surface area contributed by atoms with Crippen molar-refractivity contribution in [3.05, 3.63) is 76.0 Å². The Labute approximate surface area is 199 Å². The van der Waals surface area contributed by atoms with E-state index in [1.165, 1.54) is 11.8 Å². The number of benzene rings is 2. The fourth-order valence-corrected chi connectivity index (χ4v) is 4.02. The van der Waals surface area contributed by atoms with Crippen LogP contribution in [0.4, 0.5) is 5.69 Å². The van der Waals surface area contributed by atoms with E-state index in [9.17, 15) is 4.79 Å². The Bertz CT molecular complexity index is 1070. The average molecular weight is 498 g/mol. The van der Waals surface area contributed by atoms with Crippen LogP contribution < -0.4 is 10.1 Å². The lowest BCUT2D eigenvalue weighted by Gasteiger charge is -2.16. The number of hydrogen-bond donors (Lipinski definition) is 1. The molecule has 10 heteroatoms. The van der Waals surface area contributed by atoms with E-state index in [0.29, 0.717) is 44.0 Å². The minimum absolute atomic E-state index is 0.163. The van der Waals surface area contributed by atoms with Gasteiger partial charge in [0.1, 0.15) is 5.75 Å². The van der Waals surface area contributed by atoms with Crippen LogP contribution in [-0.4, -0.2) is 26.4 Å². The molecule has 0 aliphatic heterocycles. The topological polar surface area (TPSA) is 69.0 Å². The summed E-state index contributed by atoms with van der Waals surface area (Å²) < 4.78 is 7.80. The van der Waals surface area contributed by atoms with Gasteiger partial charge in [-0.1, -0.05) is 52.6 Å². The van der Waals surface area contributed by atoms with Crippen LogP contribution >= 0.6 is 46.6 Å². The van der Waals surface area contributed by atoms with E-state index in [1.807, 2.05) is 11.5 Å². The summed E-state index contributed by atoms with van der Waals surface area (Å²) in [5, 5.41) is 13.4. The fourth-order valence-electron chi connectivity index (χ4n) is 2.68. The van der Waals surface area contributed by atoms with Crippen molar-refractivity contribution in [2.75, 3.05) is 11.1 Å². The predicted molar refractivity (Wildman–Crippen MR) is 127 cm³/mol. The molecule has 0 bridgehead atoms. The highest BCUT2D eigenvalue weighted by atomic mass is 35.5. The van der Waals surface area contributed by atoms with E-state index in [2.05, 4.69) is 22.1 Å². The van der Waals surface area contributed by atoms with Gasteiger partial charge in [0.25, 0.3) is 0 Å². The van der Waals surface area contributed by atoms with Crippen molar-refractivity contribution in [2.45, 2.75) is 24.7 Å². The number of ether oxygens (including phenoxy) is 1. The molecule has 0 aliphatic rings. The second-order valence-electron chi connectivity index (χ2n) is 6.42. The summed E-state index contributed by atoms with van der Waals surface area (Å²) in [6.45, 7) is 6.10. The quantitative estimate of drug-likeness (QED) is 0.278. The first-order valence-electron chi connectivity index (χ1n) is 9.21. The van der Waals surface area contributed by atoms with Gasteiger partial charge in [-0.3, -0.25) is 9.36 Å². The lowest BCUT2D eigenvalue weighted by Crippen LogP contribution is -2.15. The lowest BCUT2D eigenvalue weighted by molar-refractivity contribution is -0.113. The third-order valence-electron chi connectivity index (χ3n) is 4.08. The Hall–Kier alpha value is -2.19. The molecule has 1 unspecified atom stereocenters. The maximum absolute atomic E-state index is 12.3. The summed E-state index contributed by atoms with van der Waals surface area (Å²) in [6, 6.07) is 11.9. The van der Waals surface area contributed by atoms with Crippen molar-refractivity contribution < 1.29 is 9.53 Å². The second kappa shape index (κ2) is 10.9. The Morgan fingerprint density at radius 3 is 2.58 bits per heavy atom. The molecule has 3 aromatic rings. The van der Waals surface area contributed by atoms with E-state index < -0.39 is 6.10 Å². The molecule has 2 aromatic carbocycles. The van der Waals surface area contributed by atoms with E-state index in [1.54, 1.807) is 48.5 Å². The minimum Gasteiger partial charge on any atom is -0.481 e. The van der Waals surface area contributed by atoms with Crippen LogP contribution in [0, 0.1) is 0 Å². The van der Waals surface area contributed by atoms with Gasteiger partial charge >= 0.3 is 0 Å². The molecule has 0 saturated carbocycles. The molecule has 1 amide bonds. The molecule has 0 radical (unpaired) electrons. The van der Waals surface area contributed by atoms with Gasteiger partial charge in [0, 0.05) is 22.3 Å². The number of amides is 1. The zero-order chi connectivity index (χ0) is 22.4. The molecule has 1 aromatic heterocycles. The monoisotopic (exact) mass is 496 g/mol. The molecule has 1 atom stereocenters. The number of carbonyl (C=O) groups excluding carboxylic acids is 1. The number of nitrogens with zero attached hydrogens (tertiary/aromatic N) is 3. The van der Waals surface area contributed by atoms with Crippen LogP contribution in [0.25, 0.3) is 0 Å². The normalized spacial score (nSPS) is 11.7. The van der Waals surface area contributed by atoms with Gasteiger partial charge in [-0.25, -0.2) is 0 Å². The molecule has 31 heavy (non-hydrogen) atoms. The summed E-state index contributed by atoms with van der Waals surface area (Å²) >= 11 is 19.3. The van der Waals surface area contributed by atoms with Gasteiger partial charge < -0.3 is 10.1 Å². The highest BCUT2D eigenvalue weighted by Gasteiger charge is 2.20. The number of anilines is 1. The molecule has 0 saturated heterocycles. The van der Waals surface area contributed by atoms with Crippen LogP contribution in [0.1, 0.15) is 18.9 Å². The molecule has 0 aliphatic carbocycles. The first-order chi connectivity index (χ1) is 14.9. The number of nitrogens with one attached hydrogen (secondary N) is 1. The number of hydrogen-bond acceptors (Lipinski definition) is 5. The van der Waals surface area contributed by atoms with Crippen LogP contribution in [-0.2, 0) is 11.3 Å². The van der Waals surface area contributed by atoms with Crippen molar-refractivity contribution in [2.24, 2.45) is 0 Å². The zero-order valence-electron chi connectivity index (χ0n) is 16.5. The smallest absolute Gasteiger partial charge is 0.234 e. The summed E-state index contributed by atoms with van der Waals surface area (Å²) in [4.78, 5) is 12.3. The molecular weight excluding hydrogens is 479 g/mol. The number of allylic oxidation sites excluding steroid dienone is 1. The molecule has 3 rings (SSSR count). The standard InChI is InChI=1S/C21H19Cl3N4O2S/c1-3-10-28-20(13(2)30-18-9-6-15(23)11-17(18)24)26-27-21(28)31-12-19(29)25-16-7-4-14(22)5-8-16/h3-9,11,13H,1,10,12H2,2H3,(H,25,29). The van der Waals surface area contributed by atoms with Crippen molar-refractivity contribution >= 4 is 58.2 Å². The van der Waals surface area contributed by atoms with Gasteiger partial charge in [-0.2, -0.15) is 0 Å². The van der Waals surface area contributed by atoms with Crippen molar-refractivity contribution in [1.29, 1.82) is 0 Å². The molecular formula is C21H19Cl3N4O2S. The number of halogens is 3. The SMILES string of the molecule is C=CCn1c(SCC(=O)Nc2ccc(Cl)cc2)nnc1C(C)Oc1ccc(Cl)cc1Cl. The minimum atomic E-state index is -0.441. The van der Waals surface area contributed by atoms with Crippen molar-refractivity contribution in [1.82, 2.24) is 14.8 Å². The molecule has 1 N–H and O–H groups in total. The maximum Gasteiger partial charge on any atom is 0.234 e. The molecule has 162 valence electrons. The van der Waals surface area contributed by atoms with E-state index in [-0.39, 0.29) is 11.7 Å². The average Bonchev–Trinajstić information content (AvgIpc) is 3.13. The lowest BCUT2D eigenvalue weighted by atomic mass is 10.3. The van der Waals surface area contributed by atoms with E-state index in [0.717, 1.165) is 0 Å².